The topological polar surface area (TPSA) is 146 Å². The molecule has 3 heterocycles. The summed E-state index contributed by atoms with van der Waals surface area (Å²) in [6.45, 7) is 2.90. The molecule has 1 unspecified atom stereocenters. The summed E-state index contributed by atoms with van der Waals surface area (Å²) in [5.41, 5.74) is 1.50. The van der Waals surface area contributed by atoms with Crippen LogP contribution in [0.25, 0.3) is 11.5 Å². The van der Waals surface area contributed by atoms with Crippen molar-refractivity contribution in [3.63, 3.8) is 0 Å². The average molecular weight is 455 g/mol. The van der Waals surface area contributed by atoms with Gasteiger partial charge >= 0.3 is 0 Å². The van der Waals surface area contributed by atoms with Gasteiger partial charge in [-0.2, -0.15) is 4.80 Å². The number of aromatic nitrogens is 6. The minimum absolute atomic E-state index is 0.0824. The second-order valence-corrected chi connectivity index (χ2v) is 7.48. The highest BCUT2D eigenvalue weighted by molar-refractivity contribution is 5.93. The molecule has 2 aromatic heterocycles. The van der Waals surface area contributed by atoms with Gasteiger partial charge in [0.1, 0.15) is 35.2 Å². The van der Waals surface area contributed by atoms with Gasteiger partial charge in [-0.25, -0.2) is 9.97 Å². The fourth-order valence-electron chi connectivity index (χ4n) is 3.25. The Morgan fingerprint density at radius 2 is 2.06 bits per heavy atom. The summed E-state index contributed by atoms with van der Waals surface area (Å²) < 4.78 is 16.3. The zero-order chi connectivity index (χ0) is 23.2. The Morgan fingerprint density at radius 1 is 1.24 bits per heavy atom. The van der Waals surface area contributed by atoms with Gasteiger partial charge in [0.2, 0.25) is 5.82 Å². The standard InChI is InChI=1S/C21H25N7O5/c1-13-23-18(20-25-27-28(26-20)9-16-11-33-17(10-29)12-32-16)7-19(24-13)21(30)22-8-14-4-3-5-15(6-14)31-2/h3-7,16-17,29H,8-12H2,1-2H3,(H,22,30)/t16?,17-/m0/s1. The van der Waals surface area contributed by atoms with Crippen LogP contribution in [0, 0.1) is 6.92 Å². The SMILES string of the molecule is COc1cccc(CNC(=O)c2cc(-c3nnn(CC4CO[C@@H](CO)CO4)n3)nc(C)n2)c1. The highest BCUT2D eigenvalue weighted by Gasteiger charge is 2.23. The Kier molecular flexibility index (Phi) is 7.17. The monoisotopic (exact) mass is 455 g/mol. The van der Waals surface area contributed by atoms with E-state index < -0.39 is 0 Å². The first kappa shape index (κ1) is 22.7. The molecule has 2 N–H and O–H groups in total. The summed E-state index contributed by atoms with van der Waals surface area (Å²) >= 11 is 0. The molecular weight excluding hydrogens is 430 g/mol. The molecule has 1 aliphatic rings. The molecule has 33 heavy (non-hydrogen) atoms. The molecule has 1 saturated heterocycles. The lowest BCUT2D eigenvalue weighted by atomic mass is 10.2. The van der Waals surface area contributed by atoms with Gasteiger partial charge in [0, 0.05) is 6.54 Å². The van der Waals surface area contributed by atoms with Crippen LogP contribution in [0.3, 0.4) is 0 Å². The van der Waals surface area contributed by atoms with E-state index in [1.54, 1.807) is 14.0 Å². The average Bonchev–Trinajstić information content (AvgIpc) is 3.31. The number of aliphatic hydroxyl groups excluding tert-OH is 1. The first-order valence-corrected chi connectivity index (χ1v) is 10.4. The number of hydrogen-bond donors (Lipinski definition) is 2. The van der Waals surface area contributed by atoms with E-state index in [1.807, 2.05) is 24.3 Å². The van der Waals surface area contributed by atoms with E-state index in [1.165, 1.54) is 10.9 Å². The van der Waals surface area contributed by atoms with Gasteiger partial charge in [-0.3, -0.25) is 4.79 Å². The molecular formula is C21H25N7O5. The third kappa shape index (κ3) is 5.86. The summed E-state index contributed by atoms with van der Waals surface area (Å²) in [6, 6.07) is 8.97. The third-order valence-electron chi connectivity index (χ3n) is 4.95. The molecule has 2 atom stereocenters. The Morgan fingerprint density at radius 3 is 2.82 bits per heavy atom. The molecule has 12 heteroatoms. The van der Waals surface area contributed by atoms with Crippen molar-refractivity contribution in [1.82, 2.24) is 35.5 Å². The van der Waals surface area contributed by atoms with Crippen molar-refractivity contribution < 1.29 is 24.1 Å². The molecule has 174 valence electrons. The smallest absolute Gasteiger partial charge is 0.270 e. The maximum Gasteiger partial charge on any atom is 0.270 e. The molecule has 1 aliphatic heterocycles. The number of amides is 1. The van der Waals surface area contributed by atoms with Crippen molar-refractivity contribution in [3.8, 4) is 17.3 Å². The molecule has 4 rings (SSSR count). The number of nitrogens with zero attached hydrogens (tertiary/aromatic N) is 6. The first-order valence-electron chi connectivity index (χ1n) is 10.4. The zero-order valence-electron chi connectivity index (χ0n) is 18.3. The van der Waals surface area contributed by atoms with Crippen molar-refractivity contribution in [2.24, 2.45) is 0 Å². The van der Waals surface area contributed by atoms with Crippen LogP contribution in [-0.2, 0) is 22.6 Å². The van der Waals surface area contributed by atoms with Crippen LogP contribution in [0.1, 0.15) is 21.9 Å². The van der Waals surface area contributed by atoms with Gasteiger partial charge in [-0.05, 0) is 35.9 Å². The summed E-state index contributed by atoms with van der Waals surface area (Å²) in [5.74, 6) is 1.05. The molecule has 0 bridgehead atoms. The van der Waals surface area contributed by atoms with Crippen molar-refractivity contribution in [2.45, 2.75) is 32.2 Å². The van der Waals surface area contributed by atoms with Crippen molar-refractivity contribution in [2.75, 3.05) is 26.9 Å². The molecule has 0 saturated carbocycles. The van der Waals surface area contributed by atoms with E-state index in [-0.39, 0.29) is 36.2 Å². The van der Waals surface area contributed by atoms with Crippen LogP contribution in [0.5, 0.6) is 5.75 Å². The minimum atomic E-state index is -0.344. The van der Waals surface area contributed by atoms with Crippen molar-refractivity contribution in [1.29, 1.82) is 0 Å². The lowest BCUT2D eigenvalue weighted by Crippen LogP contribution is -2.40. The van der Waals surface area contributed by atoms with E-state index in [0.29, 0.717) is 37.8 Å². The maximum absolute atomic E-state index is 12.7. The Balaban J connectivity index is 1.41. The fraction of sp³-hybridized carbons (Fsp3) is 0.429. The summed E-state index contributed by atoms with van der Waals surface area (Å²) in [5, 5.41) is 24.4. The molecule has 3 aromatic rings. The summed E-state index contributed by atoms with van der Waals surface area (Å²) in [7, 11) is 1.59. The van der Waals surface area contributed by atoms with Crippen LogP contribution in [-0.4, -0.2) is 80.3 Å². The van der Waals surface area contributed by atoms with Gasteiger partial charge in [-0.15, -0.1) is 10.2 Å². The van der Waals surface area contributed by atoms with E-state index in [4.69, 9.17) is 19.3 Å². The third-order valence-corrected chi connectivity index (χ3v) is 4.95. The number of aryl methyl sites for hydroxylation is 1. The van der Waals surface area contributed by atoms with E-state index in [0.717, 1.165) is 11.3 Å². The highest BCUT2D eigenvalue weighted by Crippen LogP contribution is 2.15. The van der Waals surface area contributed by atoms with E-state index >= 15 is 0 Å². The van der Waals surface area contributed by atoms with Crippen LogP contribution in [0.15, 0.2) is 30.3 Å². The Hall–Kier alpha value is -3.48. The number of hydrogen-bond acceptors (Lipinski definition) is 10. The summed E-state index contributed by atoms with van der Waals surface area (Å²) in [6.07, 6.45) is -0.557. The quantitative estimate of drug-likeness (QED) is 0.481. The molecule has 0 aliphatic carbocycles. The number of rotatable bonds is 8. The summed E-state index contributed by atoms with van der Waals surface area (Å²) in [4.78, 5) is 22.6. The fourth-order valence-corrected chi connectivity index (χ4v) is 3.25. The normalized spacial score (nSPS) is 18.2. The van der Waals surface area contributed by atoms with Crippen LogP contribution in [0.4, 0.5) is 0 Å². The van der Waals surface area contributed by atoms with E-state index in [9.17, 15) is 4.79 Å². The number of methoxy groups -OCH3 is 1. The number of benzene rings is 1. The van der Waals surface area contributed by atoms with Crippen molar-refractivity contribution >= 4 is 5.91 Å². The number of ether oxygens (including phenoxy) is 3. The molecule has 0 radical (unpaired) electrons. The predicted molar refractivity (Wildman–Crippen MR) is 114 cm³/mol. The number of carbonyl (C=O) groups is 1. The van der Waals surface area contributed by atoms with Gasteiger partial charge in [0.05, 0.1) is 33.5 Å². The second kappa shape index (κ2) is 10.4. The van der Waals surface area contributed by atoms with Crippen LogP contribution < -0.4 is 10.1 Å². The van der Waals surface area contributed by atoms with Gasteiger partial charge in [0.15, 0.2) is 0 Å². The van der Waals surface area contributed by atoms with Gasteiger partial charge < -0.3 is 24.6 Å². The van der Waals surface area contributed by atoms with Crippen LogP contribution in [0.2, 0.25) is 0 Å². The van der Waals surface area contributed by atoms with Gasteiger partial charge in [0.25, 0.3) is 5.91 Å². The number of aliphatic hydroxyl groups is 1. The van der Waals surface area contributed by atoms with Crippen molar-refractivity contribution in [3.05, 3.63) is 47.4 Å². The van der Waals surface area contributed by atoms with E-state index in [2.05, 4.69) is 30.7 Å². The molecule has 12 nitrogen and oxygen atoms in total. The zero-order valence-corrected chi connectivity index (χ0v) is 18.3. The number of nitrogens with one attached hydrogen (secondary N) is 1. The largest absolute Gasteiger partial charge is 0.497 e. The second-order valence-electron chi connectivity index (χ2n) is 7.48. The molecule has 1 fully saturated rings. The lowest BCUT2D eigenvalue weighted by Gasteiger charge is -2.27. The Labute approximate surface area is 189 Å². The van der Waals surface area contributed by atoms with Crippen LogP contribution >= 0.6 is 0 Å². The molecule has 1 aromatic carbocycles. The predicted octanol–water partition coefficient (Wildman–Crippen LogP) is 0.153. The minimum Gasteiger partial charge on any atom is -0.497 e. The van der Waals surface area contributed by atoms with Gasteiger partial charge in [-0.1, -0.05) is 12.1 Å². The Bertz CT molecular complexity index is 1100. The highest BCUT2D eigenvalue weighted by atomic mass is 16.6. The first-order chi connectivity index (χ1) is 16.0. The maximum atomic E-state index is 12.7. The number of carbonyl (C=O) groups excluding carboxylic acids is 1. The molecule has 0 spiro atoms. The molecule has 1 amide bonds. The number of tetrazole rings is 1. The lowest BCUT2D eigenvalue weighted by molar-refractivity contribution is -0.150.